The molecule has 32 heavy (non-hydrogen) atoms. The van der Waals surface area contributed by atoms with E-state index in [4.69, 9.17) is 0 Å². The van der Waals surface area contributed by atoms with E-state index < -0.39 is 14.9 Å². The molecule has 0 amide bonds. The van der Waals surface area contributed by atoms with Crippen LogP contribution in [0, 0.1) is 16.0 Å². The number of benzene rings is 2. The van der Waals surface area contributed by atoms with E-state index in [9.17, 15) is 23.6 Å². The fraction of sp³-hybridized carbons (Fsp3) is 0.333. The molecule has 1 fully saturated rings. The number of aryl methyl sites for hydroxylation is 1. The number of nitro benzene ring substituents is 1. The summed E-state index contributed by atoms with van der Waals surface area (Å²) in [5.41, 5.74) is 0.553. The molecule has 2 heterocycles. The summed E-state index contributed by atoms with van der Waals surface area (Å²) < 4.78 is 29.5. The number of nitrogens with zero attached hydrogens (tertiary/aromatic N) is 5. The van der Waals surface area contributed by atoms with Crippen LogP contribution in [0.5, 0.6) is 5.88 Å². The van der Waals surface area contributed by atoms with Gasteiger partial charge in [0.25, 0.3) is 5.69 Å². The summed E-state index contributed by atoms with van der Waals surface area (Å²) in [6.45, 7) is 2.74. The molecule has 10 nitrogen and oxygen atoms in total. The second-order valence-corrected chi connectivity index (χ2v) is 9.85. The lowest BCUT2D eigenvalue weighted by atomic mass is 10.0. The molecule has 1 aromatic heterocycles. The van der Waals surface area contributed by atoms with E-state index in [1.54, 1.807) is 23.7 Å². The summed E-state index contributed by atoms with van der Waals surface area (Å²) >= 11 is 0. The number of sulfonamides is 1. The van der Waals surface area contributed by atoms with Gasteiger partial charge in [-0.1, -0.05) is 25.1 Å². The van der Waals surface area contributed by atoms with Crippen LogP contribution in [-0.4, -0.2) is 40.4 Å². The molecule has 0 saturated carbocycles. The Morgan fingerprint density at radius 2 is 1.81 bits per heavy atom. The molecule has 0 unspecified atom stereocenters. The lowest BCUT2D eigenvalue weighted by Crippen LogP contribution is -2.37. The Morgan fingerprint density at radius 1 is 1.12 bits per heavy atom. The smallest absolute Gasteiger partial charge is 0.270 e. The fourth-order valence-corrected chi connectivity index (χ4v) is 5.44. The van der Waals surface area contributed by atoms with Gasteiger partial charge in [0.15, 0.2) is 5.69 Å². The van der Waals surface area contributed by atoms with Crippen LogP contribution in [0.3, 0.4) is 0 Å². The van der Waals surface area contributed by atoms with Crippen LogP contribution in [0.1, 0.15) is 19.8 Å². The number of aromatic hydroxyl groups is 1. The van der Waals surface area contributed by atoms with E-state index in [0.29, 0.717) is 24.4 Å². The Hall–Kier alpha value is -3.31. The standard InChI is InChI=1S/C21H23N5O5S/c1-14-9-11-25(12-10-14)32(30,31)19-13-15(26(28)29)7-8-17(19)22-23-20-16-5-3-4-6-18(16)24(2)21(20)27/h3-8,13-14,27H,9-12H2,1-2H3. The predicted molar refractivity (Wildman–Crippen MR) is 119 cm³/mol. The Morgan fingerprint density at radius 3 is 2.50 bits per heavy atom. The highest BCUT2D eigenvalue weighted by molar-refractivity contribution is 7.89. The molecule has 2 aromatic carbocycles. The molecule has 1 aliphatic rings. The summed E-state index contributed by atoms with van der Waals surface area (Å²) in [4.78, 5) is 10.4. The highest BCUT2D eigenvalue weighted by Gasteiger charge is 2.31. The van der Waals surface area contributed by atoms with Crippen molar-refractivity contribution in [3.63, 3.8) is 0 Å². The largest absolute Gasteiger partial charge is 0.493 e. The van der Waals surface area contributed by atoms with Crippen LogP contribution in [0.25, 0.3) is 10.9 Å². The molecule has 168 valence electrons. The van der Waals surface area contributed by atoms with E-state index in [1.165, 1.54) is 16.4 Å². The fourth-order valence-electron chi connectivity index (χ4n) is 3.83. The van der Waals surface area contributed by atoms with Crippen molar-refractivity contribution in [2.45, 2.75) is 24.7 Å². The van der Waals surface area contributed by atoms with Crippen molar-refractivity contribution in [3.05, 3.63) is 52.6 Å². The Balaban J connectivity index is 1.80. The van der Waals surface area contributed by atoms with Gasteiger partial charge in [0.05, 0.1) is 10.4 Å². The zero-order valence-corrected chi connectivity index (χ0v) is 18.5. The third-order valence-corrected chi connectivity index (χ3v) is 7.75. The highest BCUT2D eigenvalue weighted by Crippen LogP contribution is 2.40. The van der Waals surface area contributed by atoms with Crippen molar-refractivity contribution in [3.8, 4) is 5.88 Å². The highest BCUT2D eigenvalue weighted by atomic mass is 32.2. The summed E-state index contributed by atoms with van der Waals surface area (Å²) in [5.74, 6) is 0.298. The zero-order chi connectivity index (χ0) is 23.0. The minimum atomic E-state index is -4.02. The summed E-state index contributed by atoms with van der Waals surface area (Å²) in [5, 5.41) is 30.6. The maximum absolute atomic E-state index is 13.3. The van der Waals surface area contributed by atoms with Gasteiger partial charge in [-0.25, -0.2) is 8.42 Å². The predicted octanol–water partition coefficient (Wildman–Crippen LogP) is 4.63. The van der Waals surface area contributed by atoms with Gasteiger partial charge in [-0.15, -0.1) is 10.2 Å². The molecule has 4 rings (SSSR count). The van der Waals surface area contributed by atoms with Gasteiger partial charge in [0.2, 0.25) is 15.9 Å². The van der Waals surface area contributed by atoms with E-state index in [0.717, 1.165) is 24.4 Å². The number of piperidine rings is 1. The van der Waals surface area contributed by atoms with E-state index in [-0.39, 0.29) is 27.8 Å². The molecule has 0 atom stereocenters. The molecule has 0 radical (unpaired) electrons. The molecule has 0 spiro atoms. The van der Waals surface area contributed by atoms with Gasteiger partial charge >= 0.3 is 0 Å². The van der Waals surface area contributed by atoms with Gasteiger partial charge in [0, 0.05) is 37.7 Å². The van der Waals surface area contributed by atoms with Gasteiger partial charge in [-0.3, -0.25) is 10.1 Å². The second-order valence-electron chi connectivity index (χ2n) is 7.94. The second kappa shape index (κ2) is 8.32. The molecule has 0 aliphatic carbocycles. The molecular formula is C21H23N5O5S. The maximum Gasteiger partial charge on any atom is 0.270 e. The van der Waals surface area contributed by atoms with Crippen molar-refractivity contribution in [1.29, 1.82) is 0 Å². The first-order valence-corrected chi connectivity index (χ1v) is 11.6. The number of hydrogen-bond donors (Lipinski definition) is 1. The minimum absolute atomic E-state index is 0.0263. The van der Waals surface area contributed by atoms with Crippen molar-refractivity contribution in [2.24, 2.45) is 23.2 Å². The Bertz CT molecular complexity index is 1320. The lowest BCUT2D eigenvalue weighted by molar-refractivity contribution is -0.385. The number of aromatic nitrogens is 1. The topological polar surface area (TPSA) is 130 Å². The van der Waals surface area contributed by atoms with Crippen LogP contribution in [0.2, 0.25) is 0 Å². The van der Waals surface area contributed by atoms with Gasteiger partial charge in [0.1, 0.15) is 10.6 Å². The number of hydrogen-bond acceptors (Lipinski definition) is 7. The van der Waals surface area contributed by atoms with Crippen molar-refractivity contribution < 1.29 is 18.4 Å². The molecule has 11 heteroatoms. The zero-order valence-electron chi connectivity index (χ0n) is 17.7. The van der Waals surface area contributed by atoms with E-state index in [2.05, 4.69) is 17.2 Å². The molecule has 1 N–H and O–H groups in total. The first-order valence-electron chi connectivity index (χ1n) is 10.2. The van der Waals surface area contributed by atoms with Crippen LogP contribution in [-0.2, 0) is 17.1 Å². The number of azo groups is 1. The maximum atomic E-state index is 13.3. The van der Waals surface area contributed by atoms with Gasteiger partial charge < -0.3 is 9.67 Å². The number of rotatable bonds is 5. The SMILES string of the molecule is CC1CCN(S(=O)(=O)c2cc([N+](=O)[O-])ccc2N=Nc2c(O)n(C)c3ccccc23)CC1. The minimum Gasteiger partial charge on any atom is -0.493 e. The molecular weight excluding hydrogens is 434 g/mol. The summed E-state index contributed by atoms with van der Waals surface area (Å²) in [6.07, 6.45) is 1.43. The first-order chi connectivity index (χ1) is 15.2. The third-order valence-electron chi connectivity index (χ3n) is 5.82. The van der Waals surface area contributed by atoms with Gasteiger partial charge in [-0.05, 0) is 30.9 Å². The molecule has 0 bridgehead atoms. The van der Waals surface area contributed by atoms with Crippen molar-refractivity contribution >= 4 is 38.0 Å². The third kappa shape index (κ3) is 3.84. The van der Waals surface area contributed by atoms with Crippen LogP contribution in [0.4, 0.5) is 17.1 Å². The normalized spacial score (nSPS) is 16.2. The molecule has 3 aromatic rings. The van der Waals surface area contributed by atoms with E-state index in [1.807, 2.05) is 12.1 Å². The van der Waals surface area contributed by atoms with E-state index >= 15 is 0 Å². The molecule has 1 saturated heterocycles. The Labute approximate surface area is 185 Å². The monoisotopic (exact) mass is 457 g/mol. The van der Waals surface area contributed by atoms with Crippen LogP contribution >= 0.6 is 0 Å². The number of nitro groups is 1. The number of para-hydroxylation sites is 1. The average molecular weight is 458 g/mol. The first kappa shape index (κ1) is 21.9. The number of non-ortho nitro benzene ring substituents is 1. The van der Waals surface area contributed by atoms with Gasteiger partial charge in [-0.2, -0.15) is 4.31 Å². The summed E-state index contributed by atoms with van der Waals surface area (Å²) in [6, 6.07) is 10.7. The van der Waals surface area contributed by atoms with Crippen molar-refractivity contribution in [1.82, 2.24) is 8.87 Å². The summed E-state index contributed by atoms with van der Waals surface area (Å²) in [7, 11) is -2.34. The van der Waals surface area contributed by atoms with Crippen molar-refractivity contribution in [2.75, 3.05) is 13.1 Å². The Kier molecular flexibility index (Phi) is 5.70. The number of fused-ring (bicyclic) bond motifs is 1. The van der Waals surface area contributed by atoms with Crippen LogP contribution < -0.4 is 0 Å². The average Bonchev–Trinajstić information content (AvgIpc) is 3.02. The lowest BCUT2D eigenvalue weighted by Gasteiger charge is -2.29. The molecule has 1 aliphatic heterocycles. The quantitative estimate of drug-likeness (QED) is 0.339. The van der Waals surface area contributed by atoms with Crippen LogP contribution in [0.15, 0.2) is 57.6 Å².